The van der Waals surface area contributed by atoms with Crippen molar-refractivity contribution in [2.45, 2.75) is 32.6 Å². The van der Waals surface area contributed by atoms with E-state index in [9.17, 15) is 0 Å². The van der Waals surface area contributed by atoms with Crippen molar-refractivity contribution in [2.24, 2.45) is 15.9 Å². The molecule has 1 aliphatic heterocycles. The molecule has 10 rings (SSSR count). The largest absolute Gasteiger partial charge is 0.309 e. The lowest BCUT2D eigenvalue weighted by Crippen LogP contribution is -2.15. The van der Waals surface area contributed by atoms with Crippen molar-refractivity contribution in [3.8, 4) is 27.9 Å². The number of aromatic nitrogens is 1. The van der Waals surface area contributed by atoms with E-state index in [1.165, 1.54) is 55.2 Å². The Labute approximate surface area is 322 Å². The lowest BCUT2D eigenvalue weighted by Gasteiger charge is -2.21. The Morgan fingerprint density at radius 2 is 1.18 bits per heavy atom. The van der Waals surface area contributed by atoms with E-state index in [2.05, 4.69) is 201 Å². The highest BCUT2D eigenvalue weighted by atomic mass is 15.0. The molecule has 1 aromatic heterocycles. The minimum absolute atomic E-state index is 0.0811. The number of para-hydroxylation sites is 1. The third-order valence-electron chi connectivity index (χ3n) is 11.7. The molecule has 8 aromatic rings. The van der Waals surface area contributed by atoms with Crippen molar-refractivity contribution in [3.05, 3.63) is 204 Å². The molecule has 0 bridgehead atoms. The fourth-order valence-corrected chi connectivity index (χ4v) is 8.85. The molecule has 55 heavy (non-hydrogen) atoms. The summed E-state index contributed by atoms with van der Waals surface area (Å²) in [4.78, 5) is 10.9. The molecule has 0 spiro atoms. The average Bonchev–Trinajstić information content (AvgIpc) is 3.58. The van der Waals surface area contributed by atoms with Crippen molar-refractivity contribution in [1.29, 1.82) is 0 Å². The van der Waals surface area contributed by atoms with E-state index in [-0.39, 0.29) is 11.3 Å². The van der Waals surface area contributed by atoms with Crippen LogP contribution in [0.1, 0.15) is 55.0 Å². The molecule has 0 saturated carbocycles. The maximum atomic E-state index is 5.52. The fourth-order valence-electron chi connectivity index (χ4n) is 8.85. The van der Waals surface area contributed by atoms with Gasteiger partial charge in [0.05, 0.1) is 22.4 Å². The highest BCUT2D eigenvalue weighted by Crippen LogP contribution is 2.51. The van der Waals surface area contributed by atoms with Crippen LogP contribution in [0, 0.1) is 5.92 Å². The first-order valence-electron chi connectivity index (χ1n) is 19.4. The van der Waals surface area contributed by atoms with Crippen LogP contribution in [0.2, 0.25) is 0 Å². The minimum Gasteiger partial charge on any atom is -0.309 e. The molecule has 1 atom stereocenters. The summed E-state index contributed by atoms with van der Waals surface area (Å²) >= 11 is 0. The van der Waals surface area contributed by atoms with Crippen LogP contribution >= 0.6 is 0 Å². The SMILES string of the molecule is CCC1C=C(c2ccccc2)N=C(c2cccc(-n3c4ccccc4c4cc5c(cc43)C(C)(C)c3ccccc3-5)c2)N=C1c1cccc(-c2ccccc2)c1. The number of hydrogen-bond donors (Lipinski definition) is 0. The summed E-state index contributed by atoms with van der Waals surface area (Å²) in [5.41, 5.74) is 16.3. The Bertz CT molecular complexity index is 2870. The van der Waals surface area contributed by atoms with Gasteiger partial charge in [-0.2, -0.15) is 0 Å². The zero-order chi connectivity index (χ0) is 37.1. The normalized spacial score (nSPS) is 15.9. The first-order chi connectivity index (χ1) is 27.0. The summed E-state index contributed by atoms with van der Waals surface area (Å²) in [6, 6.07) is 61.3. The van der Waals surface area contributed by atoms with E-state index in [4.69, 9.17) is 9.98 Å². The molecule has 2 aliphatic rings. The van der Waals surface area contributed by atoms with E-state index in [1.807, 2.05) is 0 Å². The lowest BCUT2D eigenvalue weighted by atomic mass is 9.82. The van der Waals surface area contributed by atoms with E-state index in [0.717, 1.165) is 40.2 Å². The topological polar surface area (TPSA) is 29.6 Å². The van der Waals surface area contributed by atoms with Gasteiger partial charge in [0.1, 0.15) is 0 Å². The highest BCUT2D eigenvalue weighted by molar-refractivity contribution is 6.17. The van der Waals surface area contributed by atoms with E-state index in [1.54, 1.807) is 0 Å². The van der Waals surface area contributed by atoms with Gasteiger partial charge < -0.3 is 4.57 Å². The maximum Gasteiger partial charge on any atom is 0.160 e. The summed E-state index contributed by atoms with van der Waals surface area (Å²) in [6.07, 6.45) is 3.22. The molecule has 2 heterocycles. The molecule has 0 amide bonds. The molecule has 7 aromatic carbocycles. The lowest BCUT2D eigenvalue weighted by molar-refractivity contribution is 0.661. The second-order valence-electron chi connectivity index (χ2n) is 15.3. The molecular weight excluding hydrogens is 667 g/mol. The molecule has 264 valence electrons. The monoisotopic (exact) mass is 707 g/mol. The van der Waals surface area contributed by atoms with Gasteiger partial charge in [0.25, 0.3) is 0 Å². The van der Waals surface area contributed by atoms with Crippen molar-refractivity contribution >= 4 is 39.1 Å². The van der Waals surface area contributed by atoms with Gasteiger partial charge in [-0.25, -0.2) is 9.98 Å². The maximum absolute atomic E-state index is 5.52. The summed E-state index contributed by atoms with van der Waals surface area (Å²) in [7, 11) is 0. The summed E-state index contributed by atoms with van der Waals surface area (Å²) in [5.74, 6) is 0.795. The number of nitrogens with zero attached hydrogens (tertiary/aromatic N) is 3. The summed E-state index contributed by atoms with van der Waals surface area (Å²) in [5, 5.41) is 2.51. The highest BCUT2D eigenvalue weighted by Gasteiger charge is 2.36. The van der Waals surface area contributed by atoms with Gasteiger partial charge in [-0.1, -0.05) is 154 Å². The zero-order valence-corrected chi connectivity index (χ0v) is 31.4. The molecule has 0 saturated heterocycles. The summed E-state index contributed by atoms with van der Waals surface area (Å²) in [6.45, 7) is 6.95. The average molecular weight is 708 g/mol. The molecule has 1 aliphatic carbocycles. The number of benzene rings is 7. The number of amidine groups is 1. The Hall–Kier alpha value is -6.58. The third kappa shape index (κ3) is 5.50. The number of rotatable bonds is 6. The second kappa shape index (κ2) is 13.1. The molecule has 0 fully saturated rings. The quantitative estimate of drug-likeness (QED) is 0.165. The smallest absolute Gasteiger partial charge is 0.160 e. The fraction of sp³-hybridized carbons (Fsp3) is 0.115. The third-order valence-corrected chi connectivity index (χ3v) is 11.7. The van der Waals surface area contributed by atoms with Crippen molar-refractivity contribution in [3.63, 3.8) is 0 Å². The van der Waals surface area contributed by atoms with Crippen LogP contribution < -0.4 is 0 Å². The van der Waals surface area contributed by atoms with Crippen LogP contribution in [0.25, 0.3) is 55.4 Å². The molecule has 0 N–H and O–H groups in total. The van der Waals surface area contributed by atoms with Crippen LogP contribution in [-0.4, -0.2) is 16.1 Å². The number of fused-ring (bicyclic) bond motifs is 6. The second-order valence-corrected chi connectivity index (χ2v) is 15.3. The van der Waals surface area contributed by atoms with E-state index in [0.29, 0.717) is 5.84 Å². The molecular formula is C52H41N3. The first kappa shape index (κ1) is 33.0. The van der Waals surface area contributed by atoms with Crippen molar-refractivity contribution < 1.29 is 0 Å². The number of allylic oxidation sites excluding steroid dienone is 1. The first-order valence-corrected chi connectivity index (χ1v) is 19.4. The van der Waals surface area contributed by atoms with Crippen molar-refractivity contribution in [1.82, 2.24) is 4.57 Å². The Morgan fingerprint density at radius 3 is 2.00 bits per heavy atom. The number of hydrogen-bond acceptors (Lipinski definition) is 2. The van der Waals surface area contributed by atoms with Gasteiger partial charge in [-0.15, -0.1) is 0 Å². The Balaban J connectivity index is 1.16. The molecule has 0 radical (unpaired) electrons. The van der Waals surface area contributed by atoms with Gasteiger partial charge in [-0.3, -0.25) is 0 Å². The van der Waals surface area contributed by atoms with E-state index >= 15 is 0 Å². The standard InChI is InChI=1S/C52H41N3/c1-4-34-31-47(36-19-9-6-10-20-36)53-51(54-50(34)38-22-15-21-37(29-38)35-17-7-5-8-18-35)39-23-16-24-40(30-39)55-48-28-14-12-26-42(48)44-32-43-41-25-11-13-27-45(41)52(2,3)46(43)33-49(44)55/h5-34H,4H2,1-3H3. The minimum atomic E-state index is -0.0999. The number of aliphatic imine (C=N–C) groups is 2. The van der Waals surface area contributed by atoms with Gasteiger partial charge in [0.2, 0.25) is 0 Å². The van der Waals surface area contributed by atoms with E-state index < -0.39 is 0 Å². The van der Waals surface area contributed by atoms with Crippen LogP contribution in [0.3, 0.4) is 0 Å². The van der Waals surface area contributed by atoms with Gasteiger partial charge >= 0.3 is 0 Å². The zero-order valence-electron chi connectivity index (χ0n) is 31.4. The van der Waals surface area contributed by atoms with Crippen LogP contribution in [-0.2, 0) is 5.41 Å². The van der Waals surface area contributed by atoms with Gasteiger partial charge in [0, 0.05) is 33.4 Å². The Kier molecular flexibility index (Phi) is 7.85. The predicted octanol–water partition coefficient (Wildman–Crippen LogP) is 13.1. The Morgan fingerprint density at radius 1 is 0.509 bits per heavy atom. The van der Waals surface area contributed by atoms with Crippen LogP contribution in [0.15, 0.2) is 186 Å². The van der Waals surface area contributed by atoms with Gasteiger partial charge in [-0.05, 0) is 93.4 Å². The molecule has 1 unspecified atom stereocenters. The van der Waals surface area contributed by atoms with Crippen molar-refractivity contribution in [2.75, 3.05) is 0 Å². The predicted molar refractivity (Wildman–Crippen MR) is 231 cm³/mol. The van der Waals surface area contributed by atoms with Gasteiger partial charge in [0.15, 0.2) is 5.84 Å². The molecule has 3 heteroatoms. The van der Waals surface area contributed by atoms with Crippen LogP contribution in [0.4, 0.5) is 0 Å². The van der Waals surface area contributed by atoms with Crippen LogP contribution in [0.5, 0.6) is 0 Å². The molecule has 3 nitrogen and oxygen atoms in total. The summed E-state index contributed by atoms with van der Waals surface area (Å²) < 4.78 is 2.43.